The summed E-state index contributed by atoms with van der Waals surface area (Å²) in [6.45, 7) is 3.73. The predicted octanol–water partition coefficient (Wildman–Crippen LogP) is 3.68. The largest absolute Gasteiger partial charge is 0.450 e. The summed E-state index contributed by atoms with van der Waals surface area (Å²) in [6.07, 6.45) is 6.39. The summed E-state index contributed by atoms with van der Waals surface area (Å²) in [7, 11) is 0. The molecule has 3 atom stereocenters. The molecule has 1 fully saturated rings. The highest BCUT2D eigenvalue weighted by Gasteiger charge is 2.25. The first-order chi connectivity index (χ1) is 11.0. The highest BCUT2D eigenvalue weighted by Crippen LogP contribution is 2.23. The Labute approximate surface area is 144 Å². The van der Waals surface area contributed by atoms with Gasteiger partial charge in [0.15, 0.2) is 10.8 Å². The van der Waals surface area contributed by atoms with Crippen LogP contribution in [-0.2, 0) is 14.3 Å². The molecule has 0 saturated heterocycles. The molecule has 0 aliphatic heterocycles. The van der Waals surface area contributed by atoms with Crippen LogP contribution in [0.2, 0.25) is 0 Å². The molecule has 6 heteroatoms. The van der Waals surface area contributed by atoms with E-state index in [4.69, 9.17) is 9.15 Å². The fraction of sp³-hybridized carbons (Fsp3) is 0.529. The van der Waals surface area contributed by atoms with E-state index in [9.17, 15) is 9.59 Å². The number of rotatable bonds is 5. The summed E-state index contributed by atoms with van der Waals surface area (Å²) < 4.78 is 11.0. The Hall–Kier alpha value is -1.56. The lowest BCUT2D eigenvalue weighted by Crippen LogP contribution is -2.45. The number of hydrogen-bond acceptors (Lipinski definition) is 4. The van der Waals surface area contributed by atoms with Gasteiger partial charge in [0.1, 0.15) is 5.76 Å². The van der Waals surface area contributed by atoms with Crippen molar-refractivity contribution in [2.45, 2.75) is 51.7 Å². The zero-order valence-corrected chi connectivity index (χ0v) is 15.0. The van der Waals surface area contributed by atoms with E-state index in [0.717, 1.165) is 19.3 Å². The number of amides is 1. The van der Waals surface area contributed by atoms with Gasteiger partial charge in [0.05, 0.1) is 0 Å². The second-order valence-electron chi connectivity index (χ2n) is 5.93. The number of carbonyl (C=O) groups is 2. The Balaban J connectivity index is 1.80. The fourth-order valence-corrected chi connectivity index (χ4v) is 2.98. The topological polar surface area (TPSA) is 68.5 Å². The van der Waals surface area contributed by atoms with E-state index in [0.29, 0.717) is 16.3 Å². The van der Waals surface area contributed by atoms with Crippen LogP contribution in [0, 0.1) is 5.92 Å². The van der Waals surface area contributed by atoms with Crippen molar-refractivity contribution in [1.82, 2.24) is 5.32 Å². The molecule has 1 aromatic heterocycles. The van der Waals surface area contributed by atoms with Gasteiger partial charge in [0, 0.05) is 12.1 Å². The number of carbonyl (C=O) groups excluding carboxylic acids is 2. The monoisotopic (exact) mass is 383 g/mol. The third-order valence-corrected chi connectivity index (χ3v) is 4.51. The molecule has 5 nitrogen and oxygen atoms in total. The number of ether oxygens (including phenoxy) is 1. The van der Waals surface area contributed by atoms with Crippen LogP contribution in [-0.4, -0.2) is 24.0 Å². The van der Waals surface area contributed by atoms with Crippen LogP contribution < -0.4 is 5.32 Å². The molecular formula is C17H22BrNO4. The number of esters is 1. The van der Waals surface area contributed by atoms with Gasteiger partial charge < -0.3 is 14.5 Å². The van der Waals surface area contributed by atoms with Crippen molar-refractivity contribution in [2.24, 2.45) is 5.92 Å². The van der Waals surface area contributed by atoms with E-state index in [1.807, 2.05) is 0 Å². The van der Waals surface area contributed by atoms with Crippen LogP contribution in [0.15, 0.2) is 27.3 Å². The van der Waals surface area contributed by atoms with Gasteiger partial charge in [-0.3, -0.25) is 4.79 Å². The van der Waals surface area contributed by atoms with Crippen LogP contribution in [0.5, 0.6) is 0 Å². The summed E-state index contributed by atoms with van der Waals surface area (Å²) in [5.74, 6) is 0.179. The van der Waals surface area contributed by atoms with Gasteiger partial charge in [-0.25, -0.2) is 4.79 Å². The normalized spacial score (nSPS) is 22.7. The summed E-state index contributed by atoms with van der Waals surface area (Å²) in [6, 6.07) is 3.62. The quantitative estimate of drug-likeness (QED) is 0.621. The molecule has 1 aliphatic carbocycles. The van der Waals surface area contributed by atoms with E-state index in [1.165, 1.54) is 18.6 Å². The third kappa shape index (κ3) is 5.53. The molecule has 1 aromatic rings. The molecule has 2 rings (SSSR count). The number of furan rings is 1. The molecule has 0 spiro atoms. The van der Waals surface area contributed by atoms with E-state index in [2.05, 4.69) is 28.2 Å². The Bertz CT molecular complexity index is 581. The first-order valence-corrected chi connectivity index (χ1v) is 8.69. The maximum atomic E-state index is 12.1. The molecule has 0 radical (unpaired) electrons. The Morgan fingerprint density at radius 3 is 2.78 bits per heavy atom. The predicted molar refractivity (Wildman–Crippen MR) is 90.6 cm³/mol. The van der Waals surface area contributed by atoms with Crippen molar-refractivity contribution >= 4 is 33.9 Å². The smallest absolute Gasteiger partial charge is 0.331 e. The van der Waals surface area contributed by atoms with E-state index >= 15 is 0 Å². The number of nitrogens with one attached hydrogen (secondary N) is 1. The van der Waals surface area contributed by atoms with E-state index < -0.39 is 12.1 Å². The van der Waals surface area contributed by atoms with Gasteiger partial charge in [-0.2, -0.15) is 0 Å². The van der Waals surface area contributed by atoms with Crippen LogP contribution in [0.1, 0.15) is 45.3 Å². The van der Waals surface area contributed by atoms with Crippen molar-refractivity contribution < 1.29 is 18.7 Å². The number of halogens is 1. The lowest BCUT2D eigenvalue weighted by atomic mass is 9.86. The summed E-state index contributed by atoms with van der Waals surface area (Å²) in [5.41, 5.74) is 0. The van der Waals surface area contributed by atoms with Gasteiger partial charge in [-0.05, 0) is 59.8 Å². The van der Waals surface area contributed by atoms with Gasteiger partial charge >= 0.3 is 5.97 Å². The first-order valence-electron chi connectivity index (χ1n) is 7.90. The Morgan fingerprint density at radius 1 is 1.39 bits per heavy atom. The lowest BCUT2D eigenvalue weighted by molar-refractivity contribution is -0.150. The molecule has 1 heterocycles. The average molecular weight is 384 g/mol. The minimum atomic E-state index is -0.815. The van der Waals surface area contributed by atoms with Crippen LogP contribution in [0.4, 0.5) is 0 Å². The summed E-state index contributed by atoms with van der Waals surface area (Å²) >= 11 is 3.18. The molecule has 1 aliphatic rings. The molecule has 0 aromatic carbocycles. The van der Waals surface area contributed by atoms with Crippen molar-refractivity contribution in [1.29, 1.82) is 0 Å². The highest BCUT2D eigenvalue weighted by molar-refractivity contribution is 9.10. The van der Waals surface area contributed by atoms with Crippen molar-refractivity contribution in [3.63, 3.8) is 0 Å². The standard InChI is InChI=1S/C17H22BrNO4/c1-11-5-3-4-6-14(11)19-17(21)12(2)22-16(20)10-8-13-7-9-15(18)23-13/h7-12,14H,3-6H2,1-2H3,(H,19,21). The maximum Gasteiger partial charge on any atom is 0.331 e. The second kappa shape index (κ2) is 8.34. The molecular weight excluding hydrogens is 362 g/mol. The molecule has 126 valence electrons. The van der Waals surface area contributed by atoms with Gasteiger partial charge in [-0.15, -0.1) is 0 Å². The van der Waals surface area contributed by atoms with E-state index in [1.54, 1.807) is 19.1 Å². The van der Waals surface area contributed by atoms with Crippen molar-refractivity contribution in [3.8, 4) is 0 Å². The molecule has 1 N–H and O–H groups in total. The van der Waals surface area contributed by atoms with Gasteiger partial charge in [-0.1, -0.05) is 19.8 Å². The fourth-order valence-electron chi connectivity index (χ4n) is 2.67. The molecule has 23 heavy (non-hydrogen) atoms. The third-order valence-electron chi connectivity index (χ3n) is 4.08. The minimum absolute atomic E-state index is 0.174. The average Bonchev–Trinajstić information content (AvgIpc) is 2.93. The maximum absolute atomic E-state index is 12.1. The van der Waals surface area contributed by atoms with E-state index in [-0.39, 0.29) is 11.9 Å². The number of hydrogen-bond donors (Lipinski definition) is 1. The van der Waals surface area contributed by atoms with Crippen LogP contribution in [0.25, 0.3) is 6.08 Å². The first kappa shape index (κ1) is 17.8. The molecule has 0 bridgehead atoms. The molecule has 1 amide bonds. The second-order valence-corrected chi connectivity index (χ2v) is 6.71. The molecule has 3 unspecified atom stereocenters. The van der Waals surface area contributed by atoms with Crippen LogP contribution in [0.3, 0.4) is 0 Å². The minimum Gasteiger partial charge on any atom is -0.450 e. The lowest BCUT2D eigenvalue weighted by Gasteiger charge is -2.30. The molecule has 1 saturated carbocycles. The SMILES string of the molecule is CC(OC(=O)C=Cc1ccc(Br)o1)C(=O)NC1CCCCC1C. The zero-order chi connectivity index (χ0) is 16.8. The summed E-state index contributed by atoms with van der Waals surface area (Å²) in [5, 5.41) is 2.99. The van der Waals surface area contributed by atoms with Gasteiger partial charge in [0.2, 0.25) is 0 Å². The summed E-state index contributed by atoms with van der Waals surface area (Å²) in [4.78, 5) is 23.9. The zero-order valence-electron chi connectivity index (χ0n) is 13.4. The van der Waals surface area contributed by atoms with Crippen molar-refractivity contribution in [2.75, 3.05) is 0 Å². The van der Waals surface area contributed by atoms with Crippen molar-refractivity contribution in [3.05, 3.63) is 28.6 Å². The Morgan fingerprint density at radius 2 is 2.13 bits per heavy atom. The highest BCUT2D eigenvalue weighted by atomic mass is 79.9. The van der Waals surface area contributed by atoms with Crippen LogP contribution >= 0.6 is 15.9 Å². The Kier molecular flexibility index (Phi) is 6.45. The van der Waals surface area contributed by atoms with Gasteiger partial charge in [0.25, 0.3) is 5.91 Å².